The zero-order valence-electron chi connectivity index (χ0n) is 13.1. The van der Waals surface area contributed by atoms with E-state index in [2.05, 4.69) is 21.2 Å². The monoisotopic (exact) mass is 402 g/mol. The molecule has 1 aliphatic heterocycles. The highest BCUT2D eigenvalue weighted by molar-refractivity contribution is 9.10. The van der Waals surface area contributed by atoms with Crippen molar-refractivity contribution in [3.63, 3.8) is 0 Å². The van der Waals surface area contributed by atoms with Gasteiger partial charge in [0, 0.05) is 28.8 Å². The molecule has 0 unspecified atom stereocenters. The zero-order valence-corrected chi connectivity index (χ0v) is 14.7. The van der Waals surface area contributed by atoms with E-state index >= 15 is 0 Å². The summed E-state index contributed by atoms with van der Waals surface area (Å²) in [5.74, 6) is -1.95. The number of nitrogens with zero attached hydrogens (tertiary/aromatic N) is 1. The molecule has 0 aliphatic carbocycles. The summed E-state index contributed by atoms with van der Waals surface area (Å²) in [5, 5.41) is 11.7. The lowest BCUT2D eigenvalue weighted by molar-refractivity contribution is -0.122. The van der Waals surface area contributed by atoms with Crippen molar-refractivity contribution < 1.29 is 19.5 Å². The van der Waals surface area contributed by atoms with E-state index in [1.807, 2.05) is 24.3 Å². The van der Waals surface area contributed by atoms with E-state index < -0.39 is 11.9 Å². The van der Waals surface area contributed by atoms with E-state index in [9.17, 15) is 14.4 Å². The number of carboxylic acid groups (broad SMARTS) is 1. The maximum Gasteiger partial charge on any atom is 0.335 e. The molecular formula is C18H15BrN2O4. The summed E-state index contributed by atoms with van der Waals surface area (Å²) in [4.78, 5) is 37.2. The van der Waals surface area contributed by atoms with Crippen LogP contribution < -0.4 is 10.2 Å². The highest BCUT2D eigenvalue weighted by Crippen LogP contribution is 2.27. The van der Waals surface area contributed by atoms with Crippen LogP contribution in [0.5, 0.6) is 0 Å². The lowest BCUT2D eigenvalue weighted by Gasteiger charge is -2.17. The van der Waals surface area contributed by atoms with E-state index in [-0.39, 0.29) is 23.8 Å². The Morgan fingerprint density at radius 1 is 1.16 bits per heavy atom. The third-order valence-electron chi connectivity index (χ3n) is 4.01. The molecule has 128 valence electrons. The van der Waals surface area contributed by atoms with E-state index in [1.165, 1.54) is 12.1 Å². The van der Waals surface area contributed by atoms with Crippen LogP contribution in [0.25, 0.3) is 0 Å². The van der Waals surface area contributed by atoms with Gasteiger partial charge in [-0.1, -0.05) is 22.0 Å². The minimum atomic E-state index is -1.06. The second-order valence-corrected chi connectivity index (χ2v) is 6.67. The fourth-order valence-electron chi connectivity index (χ4n) is 2.73. The van der Waals surface area contributed by atoms with Crippen LogP contribution in [0.2, 0.25) is 0 Å². The Balaban J connectivity index is 1.69. The average molecular weight is 403 g/mol. The first kappa shape index (κ1) is 17.2. The normalized spacial score (nSPS) is 16.8. The predicted octanol–water partition coefficient (Wildman–Crippen LogP) is 3.14. The molecular weight excluding hydrogens is 388 g/mol. The Labute approximate surface area is 152 Å². The first-order chi connectivity index (χ1) is 11.9. The largest absolute Gasteiger partial charge is 0.478 e. The molecule has 1 atom stereocenters. The molecule has 2 aromatic rings. The van der Waals surface area contributed by atoms with E-state index in [0.29, 0.717) is 12.2 Å². The van der Waals surface area contributed by atoms with Gasteiger partial charge < -0.3 is 15.3 Å². The number of carbonyl (C=O) groups excluding carboxylic acids is 2. The van der Waals surface area contributed by atoms with Crippen LogP contribution in [-0.4, -0.2) is 29.4 Å². The van der Waals surface area contributed by atoms with Crippen molar-refractivity contribution in [3.05, 3.63) is 58.6 Å². The summed E-state index contributed by atoms with van der Waals surface area (Å²) in [7, 11) is 0. The van der Waals surface area contributed by atoms with Crippen molar-refractivity contribution in [1.82, 2.24) is 0 Å². The molecule has 7 heteroatoms. The van der Waals surface area contributed by atoms with Gasteiger partial charge in [0.25, 0.3) is 0 Å². The molecule has 2 N–H and O–H groups in total. The summed E-state index contributed by atoms with van der Waals surface area (Å²) >= 11 is 3.35. The van der Waals surface area contributed by atoms with E-state index in [4.69, 9.17) is 5.11 Å². The summed E-state index contributed by atoms with van der Waals surface area (Å²) in [6.07, 6.45) is 0.126. The topological polar surface area (TPSA) is 86.7 Å². The smallest absolute Gasteiger partial charge is 0.335 e. The maximum atomic E-state index is 12.4. The number of nitrogens with one attached hydrogen (secondary N) is 1. The summed E-state index contributed by atoms with van der Waals surface area (Å²) in [6.45, 7) is 0.297. The van der Waals surface area contributed by atoms with Crippen molar-refractivity contribution in [2.75, 3.05) is 16.8 Å². The second kappa shape index (κ2) is 7.06. The Kier molecular flexibility index (Phi) is 4.85. The molecule has 0 spiro atoms. The van der Waals surface area contributed by atoms with Crippen molar-refractivity contribution in [1.29, 1.82) is 0 Å². The fourth-order valence-corrected chi connectivity index (χ4v) is 2.99. The summed E-state index contributed by atoms with van der Waals surface area (Å²) in [6, 6.07) is 13.3. The van der Waals surface area contributed by atoms with Gasteiger partial charge in [-0.15, -0.1) is 0 Å². The number of rotatable bonds is 4. The van der Waals surface area contributed by atoms with Crippen LogP contribution in [0.15, 0.2) is 53.0 Å². The Hall–Kier alpha value is -2.67. The number of carbonyl (C=O) groups is 3. The van der Waals surface area contributed by atoms with Gasteiger partial charge in [-0.25, -0.2) is 4.79 Å². The first-order valence-corrected chi connectivity index (χ1v) is 8.43. The number of hydrogen-bond acceptors (Lipinski definition) is 3. The Bertz CT molecular complexity index is 835. The van der Waals surface area contributed by atoms with Crippen LogP contribution >= 0.6 is 15.9 Å². The minimum absolute atomic E-state index is 0.0942. The molecule has 2 amide bonds. The van der Waals surface area contributed by atoms with Gasteiger partial charge >= 0.3 is 5.97 Å². The van der Waals surface area contributed by atoms with Gasteiger partial charge in [-0.3, -0.25) is 9.59 Å². The van der Waals surface area contributed by atoms with Gasteiger partial charge in [0.1, 0.15) is 0 Å². The average Bonchev–Trinajstić information content (AvgIpc) is 2.98. The van der Waals surface area contributed by atoms with Gasteiger partial charge in [0.15, 0.2) is 0 Å². The number of aromatic carboxylic acids is 1. The quantitative estimate of drug-likeness (QED) is 0.822. The molecule has 0 bridgehead atoms. The van der Waals surface area contributed by atoms with Crippen LogP contribution in [-0.2, 0) is 9.59 Å². The van der Waals surface area contributed by atoms with Gasteiger partial charge in [-0.05, 0) is 42.5 Å². The number of amides is 2. The molecule has 25 heavy (non-hydrogen) atoms. The van der Waals surface area contributed by atoms with Crippen molar-refractivity contribution in [3.8, 4) is 0 Å². The number of halogens is 1. The molecule has 1 heterocycles. The van der Waals surface area contributed by atoms with E-state index in [1.54, 1.807) is 17.0 Å². The molecule has 0 radical (unpaired) electrons. The van der Waals surface area contributed by atoms with Crippen LogP contribution in [0, 0.1) is 5.92 Å². The van der Waals surface area contributed by atoms with Crippen LogP contribution in [0.4, 0.5) is 11.4 Å². The predicted molar refractivity (Wildman–Crippen MR) is 96.6 cm³/mol. The number of carboxylic acids is 1. The SMILES string of the molecule is O=C(O)c1cccc(NC(=O)[C@H]2CC(=O)N(c3ccc(Br)cc3)C2)c1. The highest BCUT2D eigenvalue weighted by Gasteiger charge is 2.35. The summed E-state index contributed by atoms with van der Waals surface area (Å²) in [5.41, 5.74) is 1.24. The Morgan fingerprint density at radius 2 is 1.88 bits per heavy atom. The maximum absolute atomic E-state index is 12.4. The number of anilines is 2. The fraction of sp³-hybridized carbons (Fsp3) is 0.167. The number of benzene rings is 2. The second-order valence-electron chi connectivity index (χ2n) is 5.76. The molecule has 6 nitrogen and oxygen atoms in total. The highest BCUT2D eigenvalue weighted by atomic mass is 79.9. The van der Waals surface area contributed by atoms with Crippen LogP contribution in [0.1, 0.15) is 16.8 Å². The molecule has 1 saturated heterocycles. The van der Waals surface area contributed by atoms with Gasteiger partial charge in [0.2, 0.25) is 11.8 Å². The van der Waals surface area contributed by atoms with Crippen LogP contribution in [0.3, 0.4) is 0 Å². The molecule has 0 saturated carbocycles. The molecule has 1 aliphatic rings. The number of hydrogen-bond donors (Lipinski definition) is 2. The molecule has 2 aromatic carbocycles. The lowest BCUT2D eigenvalue weighted by Crippen LogP contribution is -2.28. The lowest BCUT2D eigenvalue weighted by atomic mass is 10.1. The van der Waals surface area contributed by atoms with E-state index in [0.717, 1.165) is 10.2 Å². The van der Waals surface area contributed by atoms with Gasteiger partial charge in [-0.2, -0.15) is 0 Å². The van der Waals surface area contributed by atoms with Crippen molar-refractivity contribution >= 4 is 45.1 Å². The van der Waals surface area contributed by atoms with Crippen molar-refractivity contribution in [2.45, 2.75) is 6.42 Å². The third kappa shape index (κ3) is 3.88. The first-order valence-electron chi connectivity index (χ1n) is 7.64. The van der Waals surface area contributed by atoms with Gasteiger partial charge in [0.05, 0.1) is 11.5 Å². The minimum Gasteiger partial charge on any atom is -0.478 e. The molecule has 3 rings (SSSR count). The van der Waals surface area contributed by atoms with Crippen molar-refractivity contribution in [2.24, 2.45) is 5.92 Å². The third-order valence-corrected chi connectivity index (χ3v) is 4.54. The standard InChI is InChI=1S/C18H15BrN2O4/c19-13-4-6-15(7-5-13)21-10-12(9-16(21)22)17(23)20-14-3-1-2-11(8-14)18(24)25/h1-8,12H,9-10H2,(H,20,23)(H,24,25)/t12-/m0/s1. The summed E-state index contributed by atoms with van der Waals surface area (Å²) < 4.78 is 0.913. The molecule has 1 fully saturated rings. The zero-order chi connectivity index (χ0) is 18.0. The molecule has 0 aromatic heterocycles. The Morgan fingerprint density at radius 3 is 2.56 bits per heavy atom.